The Morgan fingerprint density at radius 2 is 2.27 bits per heavy atom. The van der Waals surface area contributed by atoms with Gasteiger partial charge in [0, 0.05) is 37.1 Å². The normalized spacial score (nSPS) is 20.3. The molecular formula is C11H18N4. The summed E-state index contributed by atoms with van der Waals surface area (Å²) in [5.74, 6) is 0.851. The van der Waals surface area contributed by atoms with Gasteiger partial charge in [-0.15, -0.1) is 0 Å². The number of aromatic nitrogens is 2. The van der Waals surface area contributed by atoms with E-state index in [0.29, 0.717) is 0 Å². The Bertz CT molecular complexity index is 348. The third-order valence-corrected chi connectivity index (χ3v) is 2.64. The van der Waals surface area contributed by atoms with E-state index in [1.54, 1.807) is 0 Å². The van der Waals surface area contributed by atoms with Crippen molar-refractivity contribution >= 4 is 5.95 Å². The molecule has 15 heavy (non-hydrogen) atoms. The zero-order chi connectivity index (χ0) is 10.9. The summed E-state index contributed by atoms with van der Waals surface area (Å²) in [6.07, 6.45) is 1.83. The third-order valence-electron chi connectivity index (χ3n) is 2.64. The van der Waals surface area contributed by atoms with Crippen molar-refractivity contribution in [2.45, 2.75) is 26.3 Å². The highest BCUT2D eigenvalue weighted by molar-refractivity contribution is 5.32. The second-order valence-electron chi connectivity index (χ2n) is 4.73. The minimum absolute atomic E-state index is 0.144. The predicted molar refractivity (Wildman–Crippen MR) is 61.1 cm³/mol. The summed E-state index contributed by atoms with van der Waals surface area (Å²) >= 11 is 0. The first-order valence-corrected chi connectivity index (χ1v) is 5.36. The van der Waals surface area contributed by atoms with Crippen LogP contribution < -0.4 is 10.2 Å². The Morgan fingerprint density at radius 1 is 1.47 bits per heavy atom. The molecule has 2 rings (SSSR count). The van der Waals surface area contributed by atoms with E-state index in [1.165, 1.54) is 0 Å². The van der Waals surface area contributed by atoms with Gasteiger partial charge >= 0.3 is 0 Å². The van der Waals surface area contributed by atoms with Gasteiger partial charge in [0.1, 0.15) is 0 Å². The Morgan fingerprint density at radius 3 is 2.93 bits per heavy atom. The maximum Gasteiger partial charge on any atom is 0.225 e. The smallest absolute Gasteiger partial charge is 0.225 e. The van der Waals surface area contributed by atoms with Crippen LogP contribution in [0.15, 0.2) is 12.3 Å². The zero-order valence-electron chi connectivity index (χ0n) is 9.62. The molecule has 0 bridgehead atoms. The molecule has 82 valence electrons. The lowest BCUT2D eigenvalue weighted by atomic mass is 10.0. The van der Waals surface area contributed by atoms with E-state index >= 15 is 0 Å². The van der Waals surface area contributed by atoms with E-state index < -0.39 is 0 Å². The first-order chi connectivity index (χ1) is 7.07. The Labute approximate surface area is 90.7 Å². The predicted octanol–water partition coefficient (Wildman–Crippen LogP) is 0.973. The second-order valence-corrected chi connectivity index (χ2v) is 4.73. The second kappa shape index (κ2) is 3.77. The van der Waals surface area contributed by atoms with Gasteiger partial charge < -0.3 is 10.2 Å². The van der Waals surface area contributed by atoms with Gasteiger partial charge in [-0.3, -0.25) is 0 Å². The highest BCUT2D eigenvalue weighted by Gasteiger charge is 2.26. The van der Waals surface area contributed by atoms with Crippen molar-refractivity contribution < 1.29 is 0 Å². The van der Waals surface area contributed by atoms with Crippen LogP contribution in [0.3, 0.4) is 0 Å². The lowest BCUT2D eigenvalue weighted by molar-refractivity contribution is 0.350. The molecule has 0 spiro atoms. The summed E-state index contributed by atoms with van der Waals surface area (Å²) in [6.45, 7) is 9.33. The maximum absolute atomic E-state index is 4.45. The Hall–Kier alpha value is -1.16. The summed E-state index contributed by atoms with van der Waals surface area (Å²) in [6, 6.07) is 1.93. The standard InChI is InChI=1S/C11H18N4/c1-9-4-5-12-10(14-9)15-7-6-13-11(2,3)8-15/h4-5,13H,6-8H2,1-3H3. The van der Waals surface area contributed by atoms with Gasteiger partial charge in [-0.1, -0.05) is 0 Å². The molecule has 1 saturated heterocycles. The summed E-state index contributed by atoms with van der Waals surface area (Å²) in [5.41, 5.74) is 1.17. The first kappa shape index (κ1) is 10.4. The van der Waals surface area contributed by atoms with Gasteiger partial charge in [0.25, 0.3) is 0 Å². The minimum Gasteiger partial charge on any atom is -0.338 e. The third kappa shape index (κ3) is 2.45. The van der Waals surface area contributed by atoms with Gasteiger partial charge in [-0.2, -0.15) is 0 Å². The fraction of sp³-hybridized carbons (Fsp3) is 0.636. The molecule has 4 nitrogen and oxygen atoms in total. The molecule has 1 N–H and O–H groups in total. The quantitative estimate of drug-likeness (QED) is 0.743. The molecule has 4 heteroatoms. The monoisotopic (exact) mass is 206 g/mol. The molecular weight excluding hydrogens is 188 g/mol. The van der Waals surface area contributed by atoms with Gasteiger partial charge in [0.15, 0.2) is 0 Å². The van der Waals surface area contributed by atoms with Crippen LogP contribution >= 0.6 is 0 Å². The van der Waals surface area contributed by atoms with E-state index in [-0.39, 0.29) is 5.54 Å². The SMILES string of the molecule is Cc1ccnc(N2CCNC(C)(C)C2)n1. The van der Waals surface area contributed by atoms with Crippen LogP contribution in [0, 0.1) is 6.92 Å². The van der Waals surface area contributed by atoms with Crippen molar-refractivity contribution in [3.8, 4) is 0 Å². The largest absolute Gasteiger partial charge is 0.338 e. The molecule has 1 fully saturated rings. The molecule has 1 aromatic heterocycles. The van der Waals surface area contributed by atoms with Crippen molar-refractivity contribution in [2.75, 3.05) is 24.5 Å². The van der Waals surface area contributed by atoms with E-state index in [1.807, 2.05) is 19.2 Å². The van der Waals surface area contributed by atoms with Crippen molar-refractivity contribution in [3.05, 3.63) is 18.0 Å². The molecule has 0 aliphatic carbocycles. The molecule has 1 aliphatic heterocycles. The van der Waals surface area contributed by atoms with Crippen LogP contribution in [0.25, 0.3) is 0 Å². The number of hydrogen-bond donors (Lipinski definition) is 1. The number of piperazine rings is 1. The number of nitrogens with zero attached hydrogens (tertiary/aromatic N) is 3. The molecule has 0 unspecified atom stereocenters. The number of aryl methyl sites for hydroxylation is 1. The summed E-state index contributed by atoms with van der Waals surface area (Å²) in [7, 11) is 0. The van der Waals surface area contributed by atoms with Crippen LogP contribution in [-0.4, -0.2) is 35.1 Å². The van der Waals surface area contributed by atoms with Gasteiger partial charge in [0.05, 0.1) is 0 Å². The van der Waals surface area contributed by atoms with Crippen molar-refractivity contribution in [1.82, 2.24) is 15.3 Å². The number of rotatable bonds is 1. The van der Waals surface area contributed by atoms with Gasteiger partial charge in [-0.05, 0) is 26.8 Å². The van der Waals surface area contributed by atoms with Crippen molar-refractivity contribution in [3.63, 3.8) is 0 Å². The Kier molecular flexibility index (Phi) is 2.61. The average molecular weight is 206 g/mol. The van der Waals surface area contributed by atoms with Crippen LogP contribution in [0.2, 0.25) is 0 Å². The fourth-order valence-electron chi connectivity index (χ4n) is 1.90. The number of hydrogen-bond acceptors (Lipinski definition) is 4. The molecule has 2 heterocycles. The average Bonchev–Trinajstić information content (AvgIpc) is 2.16. The molecule has 0 atom stereocenters. The summed E-state index contributed by atoms with van der Waals surface area (Å²) in [4.78, 5) is 11.0. The first-order valence-electron chi connectivity index (χ1n) is 5.36. The Balaban J connectivity index is 2.17. The summed E-state index contributed by atoms with van der Waals surface area (Å²) < 4.78 is 0. The van der Waals surface area contributed by atoms with Gasteiger partial charge in [-0.25, -0.2) is 9.97 Å². The highest BCUT2D eigenvalue weighted by atomic mass is 15.3. The molecule has 0 aromatic carbocycles. The lowest BCUT2D eigenvalue weighted by Gasteiger charge is -2.39. The van der Waals surface area contributed by atoms with Gasteiger partial charge in [0.2, 0.25) is 5.95 Å². The minimum atomic E-state index is 0.144. The lowest BCUT2D eigenvalue weighted by Crippen LogP contribution is -2.57. The van der Waals surface area contributed by atoms with Crippen molar-refractivity contribution in [1.29, 1.82) is 0 Å². The van der Waals surface area contributed by atoms with Crippen LogP contribution in [0.1, 0.15) is 19.5 Å². The maximum atomic E-state index is 4.45. The summed E-state index contributed by atoms with van der Waals surface area (Å²) in [5, 5.41) is 3.48. The molecule has 1 aromatic rings. The van der Waals surface area contributed by atoms with Crippen LogP contribution in [0.5, 0.6) is 0 Å². The van der Waals surface area contributed by atoms with E-state index in [9.17, 15) is 0 Å². The van der Waals surface area contributed by atoms with E-state index in [0.717, 1.165) is 31.3 Å². The highest BCUT2D eigenvalue weighted by Crippen LogP contribution is 2.15. The molecule has 1 aliphatic rings. The molecule has 0 amide bonds. The zero-order valence-corrected chi connectivity index (χ0v) is 9.62. The fourth-order valence-corrected chi connectivity index (χ4v) is 1.90. The molecule has 0 radical (unpaired) electrons. The van der Waals surface area contributed by atoms with E-state index in [2.05, 4.69) is 34.0 Å². The van der Waals surface area contributed by atoms with Crippen LogP contribution in [-0.2, 0) is 0 Å². The number of nitrogens with one attached hydrogen (secondary N) is 1. The topological polar surface area (TPSA) is 41.1 Å². The molecule has 0 saturated carbocycles. The van der Waals surface area contributed by atoms with Crippen molar-refractivity contribution in [2.24, 2.45) is 0 Å². The van der Waals surface area contributed by atoms with E-state index in [4.69, 9.17) is 0 Å². The van der Waals surface area contributed by atoms with Crippen LogP contribution in [0.4, 0.5) is 5.95 Å². The number of anilines is 1.